The van der Waals surface area contributed by atoms with Crippen LogP contribution >= 0.6 is 0 Å². The van der Waals surface area contributed by atoms with Crippen LogP contribution in [-0.2, 0) is 38.4 Å². The maximum absolute atomic E-state index is 13.1. The summed E-state index contributed by atoms with van der Waals surface area (Å²) >= 11 is 0. The van der Waals surface area contributed by atoms with Crippen LogP contribution in [0.4, 0.5) is 15.3 Å². The second kappa shape index (κ2) is 30.4. The van der Waals surface area contributed by atoms with Crippen LogP contribution in [0.5, 0.6) is 0 Å². The molecule has 358 valence electrons. The first-order valence-corrected chi connectivity index (χ1v) is 20.2. The Hall–Kier alpha value is -7.70. The van der Waals surface area contributed by atoms with Crippen molar-refractivity contribution in [3.8, 4) is 0 Å². The molecule has 0 aromatic heterocycles. The average molecular weight is 923 g/mol. The maximum Gasteiger partial charge on any atom is 0.326 e. The lowest BCUT2D eigenvalue weighted by Crippen LogP contribution is -2.51. The van der Waals surface area contributed by atoms with E-state index >= 15 is 0 Å². The summed E-state index contributed by atoms with van der Waals surface area (Å²) in [4.78, 5) is 133. The second-order valence-electron chi connectivity index (χ2n) is 14.3. The van der Waals surface area contributed by atoms with E-state index in [2.05, 4.69) is 36.6 Å². The molecule has 13 N–H and O–H groups in total. The van der Waals surface area contributed by atoms with Crippen LogP contribution in [0.25, 0.3) is 10.4 Å². The third kappa shape index (κ3) is 25.1. The molecule has 27 nitrogen and oxygen atoms in total. The van der Waals surface area contributed by atoms with Gasteiger partial charge in [-0.25, -0.2) is 28.8 Å². The number of amides is 7. The molecule has 0 saturated carbocycles. The molecule has 0 unspecified atom stereocenters. The Balaban J connectivity index is 2.70. The van der Waals surface area contributed by atoms with Crippen LogP contribution in [-0.4, -0.2) is 140 Å². The summed E-state index contributed by atoms with van der Waals surface area (Å²) < 4.78 is 0. The third-order valence-electron chi connectivity index (χ3n) is 9.26. The molecule has 0 saturated heterocycles. The summed E-state index contributed by atoms with van der Waals surface area (Å²) in [7, 11) is 0. The quantitative estimate of drug-likeness (QED) is 0.0202. The van der Waals surface area contributed by atoms with Gasteiger partial charge in [0, 0.05) is 61.0 Å². The number of rotatable bonds is 33. The number of hydrogen-bond donors (Lipinski definition) is 13. The molecule has 0 radical (unpaired) electrons. The predicted octanol–water partition coefficient (Wildman–Crippen LogP) is 1.00. The molecular weight excluding hydrogens is 868 g/mol. The zero-order chi connectivity index (χ0) is 48.9. The molecule has 4 atom stereocenters. The Bertz CT molecular complexity index is 1800. The molecule has 7 amide bonds. The Labute approximate surface area is 370 Å². The van der Waals surface area contributed by atoms with Crippen molar-refractivity contribution in [2.45, 2.75) is 120 Å². The summed E-state index contributed by atoms with van der Waals surface area (Å²) in [6.07, 6.45) is -1.27. The molecule has 27 heteroatoms. The highest BCUT2D eigenvalue weighted by molar-refractivity contribution is 5.95. The minimum Gasteiger partial charge on any atom is -0.481 e. The Kier molecular flexibility index (Phi) is 25.8. The molecule has 0 spiro atoms. The van der Waals surface area contributed by atoms with Gasteiger partial charge in [0.25, 0.3) is 5.91 Å². The van der Waals surface area contributed by atoms with Crippen LogP contribution in [0.15, 0.2) is 29.4 Å². The number of nitrogens with one attached hydrogen (secondary N) is 7. The van der Waals surface area contributed by atoms with E-state index < -0.39 is 121 Å². The number of carboxylic acid groups (broad SMARTS) is 6. The van der Waals surface area contributed by atoms with E-state index in [1.165, 1.54) is 24.3 Å². The molecule has 0 bridgehead atoms. The third-order valence-corrected chi connectivity index (χ3v) is 9.26. The number of carboxylic acids is 6. The van der Waals surface area contributed by atoms with E-state index in [1.54, 1.807) is 0 Å². The highest BCUT2D eigenvalue weighted by atomic mass is 16.4. The Morgan fingerprint density at radius 3 is 1.20 bits per heavy atom. The molecule has 1 rings (SSSR count). The van der Waals surface area contributed by atoms with E-state index in [9.17, 15) is 73.2 Å². The van der Waals surface area contributed by atoms with Crippen LogP contribution in [0.2, 0.25) is 0 Å². The van der Waals surface area contributed by atoms with Crippen molar-refractivity contribution in [3.05, 3.63) is 40.3 Å². The number of unbranched alkanes of at least 4 members (excludes halogenated alkanes) is 2. The molecular formula is C38H54N10O17. The maximum atomic E-state index is 13.1. The van der Waals surface area contributed by atoms with Gasteiger partial charge in [-0.05, 0) is 81.9 Å². The largest absolute Gasteiger partial charge is 0.481 e. The van der Waals surface area contributed by atoms with Crippen LogP contribution in [0.3, 0.4) is 0 Å². The lowest BCUT2D eigenvalue weighted by molar-refractivity contribution is -0.142. The van der Waals surface area contributed by atoms with Crippen molar-refractivity contribution in [2.24, 2.45) is 5.11 Å². The molecule has 65 heavy (non-hydrogen) atoms. The summed E-state index contributed by atoms with van der Waals surface area (Å²) in [5, 5.41) is 74.8. The second-order valence-corrected chi connectivity index (χ2v) is 14.3. The number of aliphatic carboxylic acids is 6. The number of carbonyl (C=O) groups is 11. The molecule has 0 fully saturated rings. The highest BCUT2D eigenvalue weighted by Crippen LogP contribution is 2.15. The normalized spacial score (nSPS) is 12.4. The molecule has 0 aliphatic carbocycles. The van der Waals surface area contributed by atoms with E-state index in [0.29, 0.717) is 0 Å². The van der Waals surface area contributed by atoms with E-state index in [0.717, 1.165) is 0 Å². The first kappa shape index (κ1) is 55.3. The smallest absolute Gasteiger partial charge is 0.326 e. The summed E-state index contributed by atoms with van der Waals surface area (Å²) in [5.41, 5.74) is 9.09. The highest BCUT2D eigenvalue weighted by Gasteiger charge is 2.26. The monoisotopic (exact) mass is 922 g/mol. The Morgan fingerprint density at radius 2 is 0.862 bits per heavy atom. The van der Waals surface area contributed by atoms with Gasteiger partial charge in [-0.15, -0.1) is 0 Å². The zero-order valence-electron chi connectivity index (χ0n) is 35.0. The number of azide groups is 1. The molecule has 1 aromatic carbocycles. The number of benzene rings is 1. The van der Waals surface area contributed by atoms with Gasteiger partial charge in [0.05, 0.1) is 0 Å². The van der Waals surface area contributed by atoms with Crippen molar-refractivity contribution in [3.63, 3.8) is 0 Å². The van der Waals surface area contributed by atoms with Gasteiger partial charge < -0.3 is 67.9 Å². The van der Waals surface area contributed by atoms with Crippen LogP contribution in [0, 0.1) is 0 Å². The Morgan fingerprint density at radius 1 is 0.492 bits per heavy atom. The lowest BCUT2D eigenvalue weighted by Gasteiger charge is -2.19. The SMILES string of the molecule is [N-]=[N+]=Nc1ccc(C(=O)NC(CCC(=O)NCCCC[C@H](NC(=O)N[C@@H](CCC(=O)O)C(=O)O)C(=O)O)CCC(=O)NCCCC[C@H](NC(=O)N[C@@H](CCC(=O)O)C(=O)O)C(=O)O)cc1. The van der Waals surface area contributed by atoms with Gasteiger partial charge in [-0.1, -0.05) is 17.2 Å². The molecule has 0 heterocycles. The summed E-state index contributed by atoms with van der Waals surface area (Å²) in [6.45, 7) is 0.196. The first-order chi connectivity index (χ1) is 30.7. The standard InChI is InChI=1S/C38H54N10O17/c39-48-47-23-9-7-21(8-10-23)32(55)42-22(11-15-28(49)40-19-3-1-5-24(33(56)57)43-37(64)45-26(35(60)61)13-17-30(51)52)12-16-29(50)41-20-4-2-6-25(34(58)59)44-38(65)46-27(36(62)63)14-18-31(53)54/h7-10,22,24-27H,1-6,11-20H2,(H,40,49)(H,41,50)(H,42,55)(H,51,52)(H,53,54)(H,56,57)(H,58,59)(H,60,61)(H,62,63)(H2,43,45,64)(H2,44,46,65)/t24-,25-,26-,27-/m0/s1. The number of nitrogens with zero attached hydrogens (tertiary/aromatic N) is 3. The lowest BCUT2D eigenvalue weighted by atomic mass is 10.0. The van der Waals surface area contributed by atoms with Crippen molar-refractivity contribution < 1.29 is 83.4 Å². The van der Waals surface area contributed by atoms with Gasteiger partial charge in [0.2, 0.25) is 11.8 Å². The molecule has 0 aliphatic heterocycles. The fourth-order valence-corrected chi connectivity index (χ4v) is 5.76. The van der Waals surface area contributed by atoms with Crippen molar-refractivity contribution >= 4 is 71.3 Å². The fourth-order valence-electron chi connectivity index (χ4n) is 5.76. The topological polar surface area (TPSA) is 442 Å². The van der Waals surface area contributed by atoms with Crippen molar-refractivity contribution in [1.29, 1.82) is 0 Å². The first-order valence-electron chi connectivity index (χ1n) is 20.2. The minimum atomic E-state index is -1.57. The van der Waals surface area contributed by atoms with Gasteiger partial charge in [0.1, 0.15) is 24.2 Å². The number of urea groups is 2. The van der Waals surface area contributed by atoms with Crippen molar-refractivity contribution in [2.75, 3.05) is 13.1 Å². The van der Waals surface area contributed by atoms with E-state index in [4.69, 9.17) is 15.7 Å². The van der Waals surface area contributed by atoms with Gasteiger partial charge in [-0.3, -0.25) is 24.0 Å². The number of carbonyl (C=O) groups excluding carboxylic acids is 5. The van der Waals surface area contributed by atoms with Crippen LogP contribution < -0.4 is 37.2 Å². The number of hydrogen-bond acceptors (Lipinski definition) is 12. The average Bonchev–Trinajstić information content (AvgIpc) is 3.23. The van der Waals surface area contributed by atoms with Gasteiger partial charge in [0.15, 0.2) is 0 Å². The summed E-state index contributed by atoms with van der Waals surface area (Å²) in [5.74, 6) is -9.84. The molecule has 1 aromatic rings. The predicted molar refractivity (Wildman–Crippen MR) is 221 cm³/mol. The molecule has 0 aliphatic rings. The zero-order valence-corrected chi connectivity index (χ0v) is 35.0. The minimum absolute atomic E-state index is 0.0789. The summed E-state index contributed by atoms with van der Waals surface area (Å²) in [6, 6.07) is -3.29. The van der Waals surface area contributed by atoms with E-state index in [1.807, 2.05) is 10.6 Å². The van der Waals surface area contributed by atoms with Gasteiger partial charge in [-0.2, -0.15) is 0 Å². The van der Waals surface area contributed by atoms with Crippen molar-refractivity contribution in [1.82, 2.24) is 37.2 Å². The van der Waals surface area contributed by atoms with Gasteiger partial charge >= 0.3 is 47.9 Å². The van der Waals surface area contributed by atoms with Crippen LogP contribution in [0.1, 0.15) is 100 Å². The fraction of sp³-hybridized carbons (Fsp3) is 0.553. The van der Waals surface area contributed by atoms with E-state index in [-0.39, 0.29) is 88.5 Å².